The van der Waals surface area contributed by atoms with Crippen LogP contribution < -0.4 is 10.6 Å². The van der Waals surface area contributed by atoms with Gasteiger partial charge in [0.2, 0.25) is 11.7 Å². The molecule has 8 rings (SSSR count). The van der Waals surface area contributed by atoms with E-state index in [4.69, 9.17) is 25.6 Å². The first-order chi connectivity index (χ1) is 23.3. The molecule has 4 aromatic carbocycles. The van der Waals surface area contributed by atoms with Crippen molar-refractivity contribution in [2.75, 3.05) is 19.8 Å². The molecule has 2 aliphatic carbocycles. The van der Waals surface area contributed by atoms with Gasteiger partial charge in [-0.15, -0.1) is 0 Å². The lowest BCUT2D eigenvalue weighted by molar-refractivity contribution is -0.148. The number of nitrogens with one attached hydrogen (secondary N) is 2. The van der Waals surface area contributed by atoms with Crippen LogP contribution in [0.3, 0.4) is 0 Å². The minimum absolute atomic E-state index is 0.0419. The zero-order valence-electron chi connectivity index (χ0n) is 25.9. The van der Waals surface area contributed by atoms with Crippen molar-refractivity contribution in [3.05, 3.63) is 118 Å². The van der Waals surface area contributed by atoms with Crippen molar-refractivity contribution in [1.29, 1.82) is 0 Å². The number of nitrogens with zero attached hydrogens (tertiary/aromatic N) is 2. The van der Waals surface area contributed by atoms with Gasteiger partial charge in [0.15, 0.2) is 5.54 Å². The highest BCUT2D eigenvalue weighted by molar-refractivity contribution is 6.31. The molecule has 3 aliphatic rings. The number of amides is 2. The van der Waals surface area contributed by atoms with E-state index in [0.29, 0.717) is 24.3 Å². The Morgan fingerprint density at radius 3 is 2.38 bits per heavy atom. The fourth-order valence-electron chi connectivity index (χ4n) is 7.06. The lowest BCUT2D eigenvalue weighted by Gasteiger charge is -2.40. The van der Waals surface area contributed by atoms with E-state index in [1.54, 1.807) is 13.0 Å². The number of carbonyl (C=O) groups excluding carboxylic acids is 2. The molecule has 2 amide bonds. The molecule has 0 saturated carbocycles. The van der Waals surface area contributed by atoms with Crippen LogP contribution in [0.2, 0.25) is 5.02 Å². The lowest BCUT2D eigenvalue weighted by atomic mass is 9.94. The van der Waals surface area contributed by atoms with Crippen LogP contribution in [0.1, 0.15) is 46.5 Å². The fourth-order valence-corrected chi connectivity index (χ4v) is 7.26. The van der Waals surface area contributed by atoms with Crippen molar-refractivity contribution in [2.24, 2.45) is 0 Å². The SMILES string of the molecule is Cc1nc(-c2c(F)cc(Cl)cc2-c2ccc3c(c2)CCC3NC(=O)C2(NC(=O)OCC3c4ccccc4-c4ccccc43)COC2)no1. The summed E-state index contributed by atoms with van der Waals surface area (Å²) in [4.78, 5) is 31.0. The second-order valence-electron chi connectivity index (χ2n) is 12.5. The summed E-state index contributed by atoms with van der Waals surface area (Å²) in [7, 11) is 0. The Kier molecular flexibility index (Phi) is 7.49. The van der Waals surface area contributed by atoms with Gasteiger partial charge in [-0.05, 0) is 69.5 Å². The molecule has 2 heterocycles. The molecule has 0 bridgehead atoms. The van der Waals surface area contributed by atoms with E-state index >= 15 is 4.39 Å². The van der Waals surface area contributed by atoms with Crippen molar-refractivity contribution in [2.45, 2.75) is 37.3 Å². The number of rotatable bonds is 7. The Hall–Kier alpha value is -5.06. The summed E-state index contributed by atoms with van der Waals surface area (Å²) in [6.07, 6.45) is 0.678. The number of aryl methyl sites for hydroxylation is 2. The van der Waals surface area contributed by atoms with Crippen LogP contribution in [0.5, 0.6) is 0 Å². The smallest absolute Gasteiger partial charge is 0.408 e. The summed E-state index contributed by atoms with van der Waals surface area (Å²) in [6, 6.07) is 24.6. The number of fused-ring (bicyclic) bond motifs is 4. The standard InChI is InChI=1S/C37H30ClFN4O5/c1-20-40-34(43-48-20)33-29(15-23(38)16-31(33)39)22-10-12-24-21(14-22)11-13-32(24)41-35(44)37(18-46-19-37)42-36(45)47-17-30-27-8-4-2-6-25(27)26-7-3-5-9-28(26)30/h2-10,12,14-16,30,32H,11,13,17-19H2,1H3,(H,41,44)(H,42,45). The number of alkyl carbamates (subject to hydrolysis) is 1. The molecule has 48 heavy (non-hydrogen) atoms. The van der Waals surface area contributed by atoms with Crippen LogP contribution in [0.4, 0.5) is 9.18 Å². The fraction of sp³-hybridized carbons (Fsp3) is 0.243. The second-order valence-corrected chi connectivity index (χ2v) is 12.9. The van der Waals surface area contributed by atoms with E-state index in [-0.39, 0.29) is 54.1 Å². The number of halogens is 2. The maximum Gasteiger partial charge on any atom is 0.408 e. The molecule has 9 nitrogen and oxygen atoms in total. The zero-order valence-corrected chi connectivity index (χ0v) is 26.6. The molecule has 1 saturated heterocycles. The van der Waals surface area contributed by atoms with Gasteiger partial charge in [0.05, 0.1) is 24.8 Å². The van der Waals surface area contributed by atoms with E-state index in [1.165, 1.54) is 6.07 Å². The summed E-state index contributed by atoms with van der Waals surface area (Å²) in [5.41, 5.74) is 6.68. The summed E-state index contributed by atoms with van der Waals surface area (Å²) >= 11 is 6.25. The van der Waals surface area contributed by atoms with Gasteiger partial charge in [-0.2, -0.15) is 4.98 Å². The highest BCUT2D eigenvalue weighted by Crippen LogP contribution is 2.45. The first-order valence-corrected chi connectivity index (χ1v) is 16.1. The largest absolute Gasteiger partial charge is 0.449 e. The molecule has 1 fully saturated rings. The molecule has 11 heteroatoms. The van der Waals surface area contributed by atoms with Gasteiger partial charge in [0, 0.05) is 17.9 Å². The van der Waals surface area contributed by atoms with Gasteiger partial charge >= 0.3 is 6.09 Å². The molecule has 2 N–H and O–H groups in total. The number of ether oxygens (including phenoxy) is 2. The van der Waals surface area contributed by atoms with Crippen molar-refractivity contribution in [3.8, 4) is 33.6 Å². The lowest BCUT2D eigenvalue weighted by Crippen LogP contribution is -2.70. The van der Waals surface area contributed by atoms with Crippen LogP contribution in [0.15, 0.2) is 83.4 Å². The van der Waals surface area contributed by atoms with Gasteiger partial charge in [-0.1, -0.05) is 83.5 Å². The maximum absolute atomic E-state index is 15.2. The summed E-state index contributed by atoms with van der Waals surface area (Å²) < 4.78 is 31.4. The van der Waals surface area contributed by atoms with Crippen molar-refractivity contribution in [3.63, 3.8) is 0 Å². The van der Waals surface area contributed by atoms with Gasteiger partial charge in [-0.25, -0.2) is 9.18 Å². The topological polar surface area (TPSA) is 116 Å². The van der Waals surface area contributed by atoms with Crippen LogP contribution in [-0.2, 0) is 20.7 Å². The molecular formula is C37H30ClFN4O5. The number of hydrogen-bond acceptors (Lipinski definition) is 7. The molecular weight excluding hydrogens is 635 g/mol. The average molecular weight is 665 g/mol. The van der Waals surface area contributed by atoms with Crippen LogP contribution in [0.25, 0.3) is 33.6 Å². The molecule has 242 valence electrons. The van der Waals surface area contributed by atoms with Crippen LogP contribution in [-0.4, -0.2) is 47.5 Å². The van der Waals surface area contributed by atoms with E-state index in [9.17, 15) is 9.59 Å². The van der Waals surface area contributed by atoms with E-state index in [2.05, 4.69) is 45.0 Å². The molecule has 1 unspecified atom stereocenters. The van der Waals surface area contributed by atoms with Gasteiger partial charge in [-0.3, -0.25) is 4.79 Å². The maximum atomic E-state index is 15.2. The third-order valence-corrected chi connectivity index (χ3v) is 9.68. The first-order valence-electron chi connectivity index (χ1n) is 15.7. The minimum atomic E-state index is -1.23. The van der Waals surface area contributed by atoms with E-state index < -0.39 is 17.4 Å². The second kappa shape index (κ2) is 11.9. The summed E-state index contributed by atoms with van der Waals surface area (Å²) in [5.74, 6) is -0.530. The third kappa shape index (κ3) is 5.21. The predicted molar refractivity (Wildman–Crippen MR) is 176 cm³/mol. The molecule has 1 atom stereocenters. The highest BCUT2D eigenvalue weighted by Gasteiger charge is 2.49. The number of aromatic nitrogens is 2. The third-order valence-electron chi connectivity index (χ3n) is 9.46. The van der Waals surface area contributed by atoms with Crippen molar-refractivity contribution < 1.29 is 28.0 Å². The highest BCUT2D eigenvalue weighted by atomic mass is 35.5. The molecule has 5 aromatic rings. The number of carbonyl (C=O) groups is 2. The number of benzene rings is 4. The monoisotopic (exact) mass is 664 g/mol. The summed E-state index contributed by atoms with van der Waals surface area (Å²) in [6.45, 7) is 1.86. The Morgan fingerprint density at radius 2 is 1.71 bits per heavy atom. The zero-order chi connectivity index (χ0) is 33.0. The first kappa shape index (κ1) is 30.3. The predicted octanol–water partition coefficient (Wildman–Crippen LogP) is 6.92. The molecule has 0 radical (unpaired) electrons. The van der Waals surface area contributed by atoms with E-state index in [1.807, 2.05) is 42.5 Å². The van der Waals surface area contributed by atoms with E-state index in [0.717, 1.165) is 38.9 Å². The Labute approximate surface area is 280 Å². The number of hydrogen-bond donors (Lipinski definition) is 2. The van der Waals surface area contributed by atoms with Crippen molar-refractivity contribution in [1.82, 2.24) is 20.8 Å². The molecule has 1 aromatic heterocycles. The Balaban J connectivity index is 0.961. The summed E-state index contributed by atoms with van der Waals surface area (Å²) in [5, 5.41) is 10.1. The Bertz CT molecular complexity index is 2050. The molecule has 1 aliphatic heterocycles. The van der Waals surface area contributed by atoms with Gasteiger partial charge in [0.25, 0.3) is 5.91 Å². The van der Waals surface area contributed by atoms with Crippen LogP contribution >= 0.6 is 11.6 Å². The van der Waals surface area contributed by atoms with Crippen LogP contribution in [0, 0.1) is 12.7 Å². The minimum Gasteiger partial charge on any atom is -0.449 e. The quantitative estimate of drug-likeness (QED) is 0.194. The normalized spacial score (nSPS) is 17.2. The molecule has 0 spiro atoms. The Morgan fingerprint density at radius 1 is 0.979 bits per heavy atom. The van der Waals surface area contributed by atoms with Crippen molar-refractivity contribution >= 4 is 23.6 Å². The van der Waals surface area contributed by atoms with Gasteiger partial charge < -0.3 is 24.6 Å². The average Bonchev–Trinajstić information content (AvgIpc) is 3.76. The van der Waals surface area contributed by atoms with Gasteiger partial charge in [0.1, 0.15) is 12.4 Å².